The molecule has 0 saturated heterocycles. The second-order valence-electron chi connectivity index (χ2n) is 5.19. The molecule has 0 atom stereocenters. The van der Waals surface area contributed by atoms with E-state index in [1.807, 2.05) is 0 Å². The van der Waals surface area contributed by atoms with E-state index in [0.29, 0.717) is 28.4 Å². The van der Waals surface area contributed by atoms with Gasteiger partial charge in [0.25, 0.3) is 5.56 Å². The third-order valence-corrected chi connectivity index (χ3v) is 3.64. The van der Waals surface area contributed by atoms with Crippen molar-refractivity contribution in [3.8, 4) is 11.5 Å². The van der Waals surface area contributed by atoms with E-state index in [-0.39, 0.29) is 18.1 Å². The number of aromatic nitrogens is 2. The molecular weight excluding hydrogens is 312 g/mol. The van der Waals surface area contributed by atoms with Gasteiger partial charge in [0, 0.05) is 23.0 Å². The number of nitrogens with zero attached hydrogens (tertiary/aromatic N) is 2. The van der Waals surface area contributed by atoms with Gasteiger partial charge in [-0.1, -0.05) is 0 Å². The number of hydrogen-bond acceptors (Lipinski definition) is 6. The molecule has 0 spiro atoms. The van der Waals surface area contributed by atoms with Crippen molar-refractivity contribution in [2.45, 2.75) is 20.4 Å². The number of carbonyl (C=O) groups excluding carboxylic acids is 1. The maximum Gasteiger partial charge on any atom is 0.258 e. The van der Waals surface area contributed by atoms with E-state index < -0.39 is 5.91 Å². The molecule has 0 radical (unpaired) electrons. The third-order valence-electron chi connectivity index (χ3n) is 3.64. The first-order valence-corrected chi connectivity index (χ1v) is 7.22. The number of nitrogen functional groups attached to an aromatic ring is 1. The zero-order chi connectivity index (χ0) is 17.9. The van der Waals surface area contributed by atoms with Gasteiger partial charge in [0.1, 0.15) is 6.54 Å². The molecule has 3 N–H and O–H groups in total. The van der Waals surface area contributed by atoms with Gasteiger partial charge in [-0.2, -0.15) is 0 Å². The van der Waals surface area contributed by atoms with Crippen LogP contribution in [0.15, 0.2) is 23.0 Å². The van der Waals surface area contributed by atoms with Crippen LogP contribution in [0.4, 0.5) is 11.6 Å². The smallest absolute Gasteiger partial charge is 0.258 e. The lowest BCUT2D eigenvalue weighted by Crippen LogP contribution is -2.32. The average molecular weight is 332 g/mol. The number of anilines is 2. The highest BCUT2D eigenvalue weighted by Gasteiger charge is 2.13. The molecule has 0 bridgehead atoms. The Balaban J connectivity index is 2.21. The zero-order valence-corrected chi connectivity index (χ0v) is 14.0. The minimum Gasteiger partial charge on any atom is -0.493 e. The van der Waals surface area contributed by atoms with Crippen LogP contribution < -0.4 is 26.1 Å². The van der Waals surface area contributed by atoms with Crippen molar-refractivity contribution in [2.24, 2.45) is 0 Å². The van der Waals surface area contributed by atoms with Crippen LogP contribution in [0.5, 0.6) is 11.5 Å². The molecule has 0 fully saturated rings. The Morgan fingerprint density at radius 1 is 1.25 bits per heavy atom. The number of hydrogen-bond donors (Lipinski definition) is 2. The normalized spacial score (nSPS) is 10.3. The molecule has 1 aromatic heterocycles. The van der Waals surface area contributed by atoms with E-state index in [1.54, 1.807) is 32.0 Å². The molecule has 2 rings (SSSR count). The topological polar surface area (TPSA) is 108 Å². The van der Waals surface area contributed by atoms with E-state index in [4.69, 9.17) is 15.2 Å². The molecule has 0 unspecified atom stereocenters. The molecule has 1 amide bonds. The van der Waals surface area contributed by atoms with Gasteiger partial charge in [0.05, 0.1) is 14.2 Å². The molecule has 0 aliphatic carbocycles. The number of nitrogens with two attached hydrogens (primary N) is 1. The summed E-state index contributed by atoms with van der Waals surface area (Å²) in [7, 11) is 3.03. The molecule has 0 saturated carbocycles. The Hall–Kier alpha value is -3.03. The lowest BCUT2D eigenvalue weighted by Gasteiger charge is -2.13. The van der Waals surface area contributed by atoms with E-state index in [1.165, 1.54) is 14.2 Å². The SMILES string of the molecule is COc1ccc(NC(=O)Cn2c(N)nc(C)c(C)c2=O)cc1OC. The van der Waals surface area contributed by atoms with Crippen molar-refractivity contribution >= 4 is 17.5 Å². The van der Waals surface area contributed by atoms with Gasteiger partial charge >= 0.3 is 0 Å². The van der Waals surface area contributed by atoms with E-state index in [9.17, 15) is 9.59 Å². The number of ether oxygens (including phenoxy) is 2. The van der Waals surface area contributed by atoms with Gasteiger partial charge in [0.2, 0.25) is 11.9 Å². The van der Waals surface area contributed by atoms with Gasteiger partial charge in [-0.3, -0.25) is 14.2 Å². The van der Waals surface area contributed by atoms with Crippen molar-refractivity contribution < 1.29 is 14.3 Å². The Morgan fingerprint density at radius 3 is 2.54 bits per heavy atom. The van der Waals surface area contributed by atoms with Crippen LogP contribution in [0.25, 0.3) is 0 Å². The summed E-state index contributed by atoms with van der Waals surface area (Å²) in [6.07, 6.45) is 0. The minimum atomic E-state index is -0.402. The van der Waals surface area contributed by atoms with Crippen molar-refractivity contribution in [3.63, 3.8) is 0 Å². The van der Waals surface area contributed by atoms with Crippen LogP contribution in [0, 0.1) is 13.8 Å². The molecule has 0 aliphatic rings. The van der Waals surface area contributed by atoms with E-state index in [0.717, 1.165) is 4.57 Å². The third kappa shape index (κ3) is 3.48. The summed E-state index contributed by atoms with van der Waals surface area (Å²) in [5.74, 6) is 0.640. The second-order valence-corrected chi connectivity index (χ2v) is 5.19. The highest BCUT2D eigenvalue weighted by molar-refractivity contribution is 5.91. The quantitative estimate of drug-likeness (QED) is 0.849. The first-order valence-electron chi connectivity index (χ1n) is 7.22. The summed E-state index contributed by atoms with van der Waals surface area (Å²) in [6, 6.07) is 4.97. The summed E-state index contributed by atoms with van der Waals surface area (Å²) in [5.41, 5.74) is 6.95. The van der Waals surface area contributed by atoms with Crippen LogP contribution in [0.1, 0.15) is 11.3 Å². The van der Waals surface area contributed by atoms with Crippen LogP contribution in [0.2, 0.25) is 0 Å². The summed E-state index contributed by atoms with van der Waals surface area (Å²) >= 11 is 0. The lowest BCUT2D eigenvalue weighted by atomic mass is 10.2. The van der Waals surface area contributed by atoms with Gasteiger partial charge in [-0.25, -0.2) is 4.98 Å². The second kappa shape index (κ2) is 7.03. The van der Waals surface area contributed by atoms with Crippen LogP contribution in [-0.4, -0.2) is 29.7 Å². The largest absolute Gasteiger partial charge is 0.493 e. The Bertz CT molecular complexity index is 830. The highest BCUT2D eigenvalue weighted by Crippen LogP contribution is 2.29. The maximum atomic E-state index is 12.2. The monoisotopic (exact) mass is 332 g/mol. The molecule has 1 aromatic carbocycles. The predicted molar refractivity (Wildman–Crippen MR) is 90.6 cm³/mol. The number of nitrogens with one attached hydrogen (secondary N) is 1. The Labute approximate surface area is 139 Å². The molecule has 8 heteroatoms. The molecule has 2 aromatic rings. The zero-order valence-electron chi connectivity index (χ0n) is 14.0. The summed E-state index contributed by atoms with van der Waals surface area (Å²) in [4.78, 5) is 28.5. The molecule has 1 heterocycles. The fraction of sp³-hybridized carbons (Fsp3) is 0.312. The molecule has 8 nitrogen and oxygen atoms in total. The van der Waals surface area contributed by atoms with E-state index in [2.05, 4.69) is 10.3 Å². The number of amides is 1. The first-order chi connectivity index (χ1) is 11.4. The van der Waals surface area contributed by atoms with Gasteiger partial charge in [-0.05, 0) is 26.0 Å². The Morgan fingerprint density at radius 2 is 1.92 bits per heavy atom. The standard InChI is InChI=1S/C16H20N4O4/c1-9-10(2)18-16(17)20(15(9)22)8-14(21)19-11-5-6-12(23-3)13(7-11)24-4/h5-7H,8H2,1-4H3,(H2,17,18)(H,19,21). The summed E-state index contributed by atoms with van der Waals surface area (Å²) < 4.78 is 11.5. The van der Waals surface area contributed by atoms with E-state index >= 15 is 0 Å². The molecule has 24 heavy (non-hydrogen) atoms. The van der Waals surface area contributed by atoms with Crippen LogP contribution in [0.3, 0.4) is 0 Å². The molecular formula is C16H20N4O4. The summed E-state index contributed by atoms with van der Waals surface area (Å²) in [5, 5.41) is 2.69. The number of carbonyl (C=O) groups is 1. The number of methoxy groups -OCH3 is 2. The van der Waals surface area contributed by atoms with Crippen molar-refractivity contribution in [1.82, 2.24) is 9.55 Å². The van der Waals surface area contributed by atoms with Crippen molar-refractivity contribution in [1.29, 1.82) is 0 Å². The van der Waals surface area contributed by atoms with Gasteiger partial charge < -0.3 is 20.5 Å². The van der Waals surface area contributed by atoms with Crippen molar-refractivity contribution in [3.05, 3.63) is 39.8 Å². The summed E-state index contributed by atoms with van der Waals surface area (Å²) in [6.45, 7) is 3.11. The fourth-order valence-corrected chi connectivity index (χ4v) is 2.19. The number of aryl methyl sites for hydroxylation is 1. The maximum absolute atomic E-state index is 12.2. The van der Waals surface area contributed by atoms with Gasteiger partial charge in [-0.15, -0.1) is 0 Å². The minimum absolute atomic E-state index is 0.00515. The number of benzene rings is 1. The molecule has 128 valence electrons. The lowest BCUT2D eigenvalue weighted by molar-refractivity contribution is -0.116. The van der Waals surface area contributed by atoms with Gasteiger partial charge in [0.15, 0.2) is 11.5 Å². The average Bonchev–Trinajstić information content (AvgIpc) is 2.56. The van der Waals surface area contributed by atoms with Crippen LogP contribution >= 0.6 is 0 Å². The van der Waals surface area contributed by atoms with Crippen molar-refractivity contribution in [2.75, 3.05) is 25.3 Å². The number of rotatable bonds is 5. The van der Waals surface area contributed by atoms with Crippen LogP contribution in [-0.2, 0) is 11.3 Å². The Kier molecular flexibility index (Phi) is 5.08. The fourth-order valence-electron chi connectivity index (χ4n) is 2.19. The highest BCUT2D eigenvalue weighted by atomic mass is 16.5. The predicted octanol–water partition coefficient (Wildman–Crippen LogP) is 1.10. The first kappa shape index (κ1) is 17.3. The molecule has 0 aliphatic heterocycles.